The Bertz CT molecular complexity index is 746. The van der Waals surface area contributed by atoms with Crippen molar-refractivity contribution in [3.8, 4) is 17.2 Å². The summed E-state index contributed by atoms with van der Waals surface area (Å²) >= 11 is 3.93. The lowest BCUT2D eigenvalue weighted by Crippen LogP contribution is -2.20. The van der Waals surface area contributed by atoms with Gasteiger partial charge in [0.05, 0.1) is 24.5 Å². The van der Waals surface area contributed by atoms with Crippen LogP contribution in [-0.2, 0) is 4.79 Å². The summed E-state index contributed by atoms with van der Waals surface area (Å²) in [5.74, 6) is 4.01. The lowest BCUT2D eigenvalue weighted by atomic mass is 10.2. The largest absolute Gasteiger partial charge is 0.497 e. The maximum absolute atomic E-state index is 12.2. The van der Waals surface area contributed by atoms with Gasteiger partial charge < -0.3 is 19.5 Å². The molecule has 1 amide bonds. The number of hydrogen-bond donors (Lipinski definition) is 1. The molecule has 7 heteroatoms. The van der Waals surface area contributed by atoms with Crippen LogP contribution in [0.4, 0.5) is 5.69 Å². The highest BCUT2D eigenvalue weighted by Gasteiger charge is 2.18. The van der Waals surface area contributed by atoms with E-state index in [0.717, 1.165) is 0 Å². The number of amides is 1. The van der Waals surface area contributed by atoms with Crippen molar-refractivity contribution < 1.29 is 19.0 Å². The second kappa shape index (κ2) is 9.09. The maximum Gasteiger partial charge on any atom is 0.262 e. The molecule has 138 valence electrons. The standard InChI is InChI=1S/C19H21NO4S2/c1-22-15-7-8-17(23-2)16(11-15)20-18(21)12-24-14-5-3-13(4-6-14)19-25-9-10-26-19/h3-8,11,19H,9-10,12H2,1-2H3,(H,20,21). The second-order valence-electron chi connectivity index (χ2n) is 5.55. The molecular weight excluding hydrogens is 370 g/mol. The first-order chi connectivity index (χ1) is 12.7. The molecule has 0 radical (unpaired) electrons. The highest BCUT2D eigenvalue weighted by Crippen LogP contribution is 2.45. The van der Waals surface area contributed by atoms with E-state index in [2.05, 4.69) is 17.4 Å². The number of ether oxygens (including phenoxy) is 3. The number of carbonyl (C=O) groups is 1. The van der Waals surface area contributed by atoms with Gasteiger partial charge in [0.25, 0.3) is 5.91 Å². The number of thioether (sulfide) groups is 2. The molecule has 2 aromatic rings. The van der Waals surface area contributed by atoms with E-state index in [1.54, 1.807) is 32.4 Å². The predicted molar refractivity (Wildman–Crippen MR) is 108 cm³/mol. The predicted octanol–water partition coefficient (Wildman–Crippen LogP) is 4.20. The van der Waals surface area contributed by atoms with Crippen molar-refractivity contribution in [1.29, 1.82) is 0 Å². The molecule has 1 fully saturated rings. The molecule has 0 spiro atoms. The van der Waals surface area contributed by atoms with Gasteiger partial charge in [0.1, 0.15) is 17.2 Å². The molecule has 1 N–H and O–H groups in total. The minimum Gasteiger partial charge on any atom is -0.497 e. The molecule has 0 bridgehead atoms. The molecule has 0 atom stereocenters. The first-order valence-corrected chi connectivity index (χ1v) is 10.3. The fraction of sp³-hybridized carbons (Fsp3) is 0.316. The van der Waals surface area contributed by atoms with E-state index in [-0.39, 0.29) is 12.5 Å². The van der Waals surface area contributed by atoms with E-state index in [1.807, 2.05) is 35.7 Å². The lowest BCUT2D eigenvalue weighted by molar-refractivity contribution is -0.118. The minimum absolute atomic E-state index is 0.0767. The van der Waals surface area contributed by atoms with Crippen LogP contribution in [0.5, 0.6) is 17.2 Å². The van der Waals surface area contributed by atoms with Crippen LogP contribution in [0.1, 0.15) is 10.1 Å². The van der Waals surface area contributed by atoms with Crippen molar-refractivity contribution in [3.05, 3.63) is 48.0 Å². The quantitative estimate of drug-likeness (QED) is 0.763. The maximum atomic E-state index is 12.2. The Morgan fingerprint density at radius 1 is 1.04 bits per heavy atom. The van der Waals surface area contributed by atoms with Gasteiger partial charge in [0.2, 0.25) is 0 Å². The molecule has 0 aromatic heterocycles. The average Bonchev–Trinajstić information content (AvgIpc) is 3.21. The Hall–Kier alpha value is -1.99. The molecule has 26 heavy (non-hydrogen) atoms. The number of hydrogen-bond acceptors (Lipinski definition) is 6. The molecular formula is C19H21NO4S2. The number of carbonyl (C=O) groups excluding carboxylic acids is 1. The molecule has 5 nitrogen and oxygen atoms in total. The van der Waals surface area contributed by atoms with Crippen LogP contribution < -0.4 is 19.5 Å². The smallest absolute Gasteiger partial charge is 0.262 e. The summed E-state index contributed by atoms with van der Waals surface area (Å²) in [5, 5.41) is 2.79. The van der Waals surface area contributed by atoms with Gasteiger partial charge in [-0.2, -0.15) is 0 Å². The first kappa shape index (κ1) is 18.8. The van der Waals surface area contributed by atoms with Crippen molar-refractivity contribution in [2.45, 2.75) is 4.58 Å². The van der Waals surface area contributed by atoms with Gasteiger partial charge in [0.15, 0.2) is 6.61 Å². The summed E-state index contributed by atoms with van der Waals surface area (Å²) in [4.78, 5) is 12.2. The first-order valence-electron chi connectivity index (χ1n) is 8.17. The SMILES string of the molecule is COc1ccc(OC)c(NC(=O)COc2ccc(C3SCCS3)cc2)c1. The van der Waals surface area contributed by atoms with Gasteiger partial charge in [-0.15, -0.1) is 23.5 Å². The van der Waals surface area contributed by atoms with Gasteiger partial charge in [-0.3, -0.25) is 4.79 Å². The number of rotatable bonds is 7. The fourth-order valence-corrected chi connectivity index (χ4v) is 5.38. The average molecular weight is 392 g/mol. The molecule has 0 aliphatic carbocycles. The van der Waals surface area contributed by atoms with Crippen LogP contribution in [0, 0.1) is 0 Å². The van der Waals surface area contributed by atoms with Gasteiger partial charge in [-0.25, -0.2) is 0 Å². The molecule has 3 rings (SSSR count). The lowest BCUT2D eigenvalue weighted by Gasteiger charge is -2.13. The molecule has 0 saturated carbocycles. The second-order valence-corrected chi connectivity index (χ2v) is 8.27. The Morgan fingerprint density at radius 3 is 2.38 bits per heavy atom. The zero-order chi connectivity index (χ0) is 18.4. The fourth-order valence-electron chi connectivity index (χ4n) is 2.52. The summed E-state index contributed by atoms with van der Waals surface area (Å²) in [6, 6.07) is 13.2. The van der Waals surface area contributed by atoms with Crippen molar-refractivity contribution in [3.63, 3.8) is 0 Å². The monoisotopic (exact) mass is 391 g/mol. The highest BCUT2D eigenvalue weighted by atomic mass is 32.2. The Labute approximate surface area is 161 Å². The van der Waals surface area contributed by atoms with E-state index in [0.29, 0.717) is 27.5 Å². The van der Waals surface area contributed by atoms with Crippen LogP contribution in [0.2, 0.25) is 0 Å². The van der Waals surface area contributed by atoms with Gasteiger partial charge >= 0.3 is 0 Å². The molecule has 1 heterocycles. The third-order valence-electron chi connectivity index (χ3n) is 3.82. The summed E-state index contributed by atoms with van der Waals surface area (Å²) in [6.45, 7) is -0.0767. The number of benzene rings is 2. The highest BCUT2D eigenvalue weighted by molar-refractivity contribution is 8.19. The van der Waals surface area contributed by atoms with Gasteiger partial charge in [0, 0.05) is 17.6 Å². The van der Waals surface area contributed by atoms with E-state index < -0.39 is 0 Å². The molecule has 1 aliphatic heterocycles. The number of anilines is 1. The van der Waals surface area contributed by atoms with Crippen LogP contribution in [0.25, 0.3) is 0 Å². The Kier molecular flexibility index (Phi) is 6.57. The molecule has 1 saturated heterocycles. The number of nitrogens with one attached hydrogen (secondary N) is 1. The molecule has 0 unspecified atom stereocenters. The van der Waals surface area contributed by atoms with Crippen molar-refractivity contribution >= 4 is 35.1 Å². The third kappa shape index (κ3) is 4.80. The summed E-state index contributed by atoms with van der Waals surface area (Å²) < 4.78 is 16.5. The van der Waals surface area contributed by atoms with Gasteiger partial charge in [-0.1, -0.05) is 12.1 Å². The van der Waals surface area contributed by atoms with Gasteiger partial charge in [-0.05, 0) is 29.8 Å². The normalized spacial score (nSPS) is 14.1. The van der Waals surface area contributed by atoms with E-state index in [4.69, 9.17) is 14.2 Å². The van der Waals surface area contributed by atoms with Crippen LogP contribution in [0.3, 0.4) is 0 Å². The molecule has 2 aromatic carbocycles. The van der Waals surface area contributed by atoms with Crippen LogP contribution >= 0.6 is 23.5 Å². The van der Waals surface area contributed by atoms with Crippen molar-refractivity contribution in [2.75, 3.05) is 37.6 Å². The summed E-state index contributed by atoms with van der Waals surface area (Å²) in [5.41, 5.74) is 1.83. The summed E-state index contributed by atoms with van der Waals surface area (Å²) in [7, 11) is 3.12. The van der Waals surface area contributed by atoms with Crippen LogP contribution in [0.15, 0.2) is 42.5 Å². The zero-order valence-electron chi connectivity index (χ0n) is 14.7. The van der Waals surface area contributed by atoms with Crippen LogP contribution in [-0.4, -0.2) is 38.2 Å². The van der Waals surface area contributed by atoms with E-state index in [9.17, 15) is 4.79 Å². The van der Waals surface area contributed by atoms with E-state index >= 15 is 0 Å². The zero-order valence-corrected chi connectivity index (χ0v) is 16.3. The Morgan fingerprint density at radius 2 is 1.73 bits per heavy atom. The van der Waals surface area contributed by atoms with Crippen molar-refractivity contribution in [1.82, 2.24) is 0 Å². The summed E-state index contributed by atoms with van der Waals surface area (Å²) in [6.07, 6.45) is 0. The Balaban J connectivity index is 1.55. The third-order valence-corrected chi connectivity index (χ3v) is 6.93. The minimum atomic E-state index is -0.262. The number of methoxy groups -OCH3 is 2. The topological polar surface area (TPSA) is 56.8 Å². The van der Waals surface area contributed by atoms with Crippen molar-refractivity contribution in [2.24, 2.45) is 0 Å². The molecule has 1 aliphatic rings. The van der Waals surface area contributed by atoms with E-state index in [1.165, 1.54) is 17.1 Å².